The Morgan fingerprint density at radius 2 is 1.82 bits per heavy atom. The van der Waals surface area contributed by atoms with E-state index in [-0.39, 0.29) is 5.78 Å². The lowest BCUT2D eigenvalue weighted by molar-refractivity contribution is -0.140. The van der Waals surface area contributed by atoms with Crippen molar-refractivity contribution in [1.82, 2.24) is 0 Å². The Balaban J connectivity index is 2.38. The standard InChI is InChI=1S/C12H8F4O/c13-11-6-8(7-1-3-9(17)5-7)2-4-10(11)12(14,15)16/h2,4-6H,1,3H2. The molecule has 5 heteroatoms. The number of allylic oxidation sites excluding steroid dienone is 2. The van der Waals surface area contributed by atoms with Crippen LogP contribution < -0.4 is 0 Å². The maximum atomic E-state index is 13.3. The first-order chi connectivity index (χ1) is 7.88. The molecule has 0 saturated carbocycles. The third-order valence-corrected chi connectivity index (χ3v) is 2.62. The van der Waals surface area contributed by atoms with Gasteiger partial charge in [-0.3, -0.25) is 4.79 Å². The molecule has 0 unspecified atom stereocenters. The smallest absolute Gasteiger partial charge is 0.295 e. The molecule has 0 amide bonds. The topological polar surface area (TPSA) is 17.1 Å². The summed E-state index contributed by atoms with van der Waals surface area (Å²) in [7, 11) is 0. The molecule has 1 nitrogen and oxygen atoms in total. The normalized spacial score (nSPS) is 16.2. The summed E-state index contributed by atoms with van der Waals surface area (Å²) in [5.74, 6) is -1.39. The molecule has 90 valence electrons. The fraction of sp³-hybridized carbons (Fsp3) is 0.250. The summed E-state index contributed by atoms with van der Waals surface area (Å²) in [4.78, 5) is 11.0. The van der Waals surface area contributed by atoms with Gasteiger partial charge in [0.1, 0.15) is 5.82 Å². The average molecular weight is 244 g/mol. The second kappa shape index (κ2) is 3.98. The van der Waals surface area contributed by atoms with E-state index in [1.54, 1.807) is 0 Å². The van der Waals surface area contributed by atoms with Gasteiger partial charge in [-0.25, -0.2) is 4.39 Å². The molecule has 0 aliphatic heterocycles. The van der Waals surface area contributed by atoms with Crippen molar-refractivity contribution in [3.05, 3.63) is 41.2 Å². The summed E-state index contributed by atoms with van der Waals surface area (Å²) < 4.78 is 50.2. The minimum atomic E-state index is -4.69. The van der Waals surface area contributed by atoms with E-state index in [1.807, 2.05) is 0 Å². The Morgan fingerprint density at radius 1 is 1.12 bits per heavy atom. The molecule has 0 heterocycles. The first kappa shape index (κ1) is 11.8. The van der Waals surface area contributed by atoms with Crippen LogP contribution in [0.3, 0.4) is 0 Å². The van der Waals surface area contributed by atoms with Crippen LogP contribution in [0.2, 0.25) is 0 Å². The van der Waals surface area contributed by atoms with E-state index in [2.05, 4.69) is 0 Å². The number of halogens is 4. The molecule has 2 rings (SSSR count). The van der Waals surface area contributed by atoms with Crippen molar-refractivity contribution in [2.45, 2.75) is 19.0 Å². The number of benzene rings is 1. The molecule has 0 aromatic heterocycles. The molecule has 0 bridgehead atoms. The van der Waals surface area contributed by atoms with Gasteiger partial charge in [-0.15, -0.1) is 0 Å². The maximum Gasteiger partial charge on any atom is 0.419 e. The first-order valence-electron chi connectivity index (χ1n) is 4.98. The van der Waals surface area contributed by atoms with E-state index >= 15 is 0 Å². The van der Waals surface area contributed by atoms with E-state index in [0.29, 0.717) is 30.0 Å². The van der Waals surface area contributed by atoms with Crippen LogP contribution in [-0.2, 0) is 11.0 Å². The van der Waals surface area contributed by atoms with Crippen molar-refractivity contribution in [1.29, 1.82) is 0 Å². The lowest BCUT2D eigenvalue weighted by Crippen LogP contribution is -2.08. The summed E-state index contributed by atoms with van der Waals surface area (Å²) >= 11 is 0. The summed E-state index contributed by atoms with van der Waals surface area (Å²) in [5, 5.41) is 0. The van der Waals surface area contributed by atoms with Gasteiger partial charge in [-0.2, -0.15) is 13.2 Å². The van der Waals surface area contributed by atoms with Gasteiger partial charge < -0.3 is 0 Å². The fourth-order valence-corrected chi connectivity index (χ4v) is 1.77. The lowest BCUT2D eigenvalue weighted by Gasteiger charge is -2.09. The Labute approximate surface area is 94.7 Å². The molecule has 0 spiro atoms. The monoisotopic (exact) mass is 244 g/mol. The second-order valence-corrected chi connectivity index (χ2v) is 3.83. The Morgan fingerprint density at radius 3 is 2.29 bits per heavy atom. The van der Waals surface area contributed by atoms with Crippen LogP contribution in [0.1, 0.15) is 24.0 Å². The van der Waals surface area contributed by atoms with Crippen molar-refractivity contribution in [2.24, 2.45) is 0 Å². The van der Waals surface area contributed by atoms with Gasteiger partial charge in [0.25, 0.3) is 0 Å². The van der Waals surface area contributed by atoms with Crippen LogP contribution in [0.5, 0.6) is 0 Å². The van der Waals surface area contributed by atoms with Gasteiger partial charge >= 0.3 is 6.18 Å². The molecule has 17 heavy (non-hydrogen) atoms. The molecular weight excluding hydrogens is 236 g/mol. The number of hydrogen-bond acceptors (Lipinski definition) is 1. The summed E-state index contributed by atoms with van der Waals surface area (Å²) in [6.45, 7) is 0. The van der Waals surface area contributed by atoms with E-state index in [9.17, 15) is 22.4 Å². The van der Waals surface area contributed by atoms with Gasteiger partial charge in [-0.1, -0.05) is 6.07 Å². The zero-order valence-corrected chi connectivity index (χ0v) is 8.64. The number of rotatable bonds is 1. The quantitative estimate of drug-likeness (QED) is 0.690. The highest BCUT2D eigenvalue weighted by molar-refractivity contribution is 6.01. The third-order valence-electron chi connectivity index (χ3n) is 2.62. The van der Waals surface area contributed by atoms with Crippen molar-refractivity contribution in [3.63, 3.8) is 0 Å². The van der Waals surface area contributed by atoms with Crippen LogP contribution >= 0.6 is 0 Å². The molecule has 1 aromatic carbocycles. The Bertz CT molecular complexity index is 500. The number of carbonyl (C=O) groups is 1. The highest BCUT2D eigenvalue weighted by Crippen LogP contribution is 2.34. The molecule has 0 saturated heterocycles. The predicted octanol–water partition coefficient (Wildman–Crippen LogP) is 3.59. The summed E-state index contributed by atoms with van der Waals surface area (Å²) in [6, 6.07) is 2.72. The zero-order chi connectivity index (χ0) is 12.6. The highest BCUT2D eigenvalue weighted by atomic mass is 19.4. The maximum absolute atomic E-state index is 13.3. The van der Waals surface area contributed by atoms with E-state index < -0.39 is 17.6 Å². The van der Waals surface area contributed by atoms with Crippen LogP contribution in [0, 0.1) is 5.82 Å². The minimum absolute atomic E-state index is 0.0830. The Kier molecular flexibility index (Phi) is 2.77. The molecule has 0 radical (unpaired) electrons. The number of hydrogen-bond donors (Lipinski definition) is 0. The van der Waals surface area contributed by atoms with Gasteiger partial charge in [0, 0.05) is 6.42 Å². The zero-order valence-electron chi connectivity index (χ0n) is 8.64. The van der Waals surface area contributed by atoms with Gasteiger partial charge in [-0.05, 0) is 35.8 Å². The van der Waals surface area contributed by atoms with Crippen LogP contribution in [0.4, 0.5) is 17.6 Å². The molecule has 1 aromatic rings. The summed E-state index contributed by atoms with van der Waals surface area (Å²) in [6.07, 6.45) is -2.56. The average Bonchev–Trinajstić information content (AvgIpc) is 2.62. The first-order valence-corrected chi connectivity index (χ1v) is 4.98. The lowest BCUT2D eigenvalue weighted by atomic mass is 10.0. The molecule has 0 N–H and O–H groups in total. The third kappa shape index (κ3) is 2.38. The van der Waals surface area contributed by atoms with Crippen LogP contribution in [0.15, 0.2) is 24.3 Å². The van der Waals surface area contributed by atoms with E-state index in [1.165, 1.54) is 12.1 Å². The van der Waals surface area contributed by atoms with Crippen molar-refractivity contribution in [2.75, 3.05) is 0 Å². The largest absolute Gasteiger partial charge is 0.419 e. The number of alkyl halides is 3. The van der Waals surface area contributed by atoms with Gasteiger partial charge in [0.05, 0.1) is 5.56 Å². The highest BCUT2D eigenvalue weighted by Gasteiger charge is 2.34. The fourth-order valence-electron chi connectivity index (χ4n) is 1.77. The van der Waals surface area contributed by atoms with E-state index in [0.717, 1.165) is 6.07 Å². The number of ketones is 1. The van der Waals surface area contributed by atoms with Gasteiger partial charge in [0.2, 0.25) is 0 Å². The molecule has 1 aliphatic carbocycles. The number of carbonyl (C=O) groups excluding carboxylic acids is 1. The summed E-state index contributed by atoms with van der Waals surface area (Å²) in [5.41, 5.74) is -0.366. The minimum Gasteiger partial charge on any atom is -0.295 e. The van der Waals surface area contributed by atoms with Gasteiger partial charge in [0.15, 0.2) is 5.78 Å². The van der Waals surface area contributed by atoms with Crippen molar-refractivity contribution < 1.29 is 22.4 Å². The Hall–Kier alpha value is -1.65. The van der Waals surface area contributed by atoms with E-state index in [4.69, 9.17) is 0 Å². The van der Waals surface area contributed by atoms with Crippen LogP contribution in [0.25, 0.3) is 5.57 Å². The molecule has 1 aliphatic rings. The molecule has 0 atom stereocenters. The van der Waals surface area contributed by atoms with Crippen molar-refractivity contribution >= 4 is 11.4 Å². The molecular formula is C12H8F4O. The predicted molar refractivity (Wildman–Crippen MR) is 53.6 cm³/mol. The SMILES string of the molecule is O=C1C=C(c2ccc(C(F)(F)F)c(F)c2)CC1. The second-order valence-electron chi connectivity index (χ2n) is 3.83. The van der Waals surface area contributed by atoms with Crippen molar-refractivity contribution in [3.8, 4) is 0 Å². The molecule has 0 fully saturated rings. The van der Waals surface area contributed by atoms with Crippen LogP contribution in [-0.4, -0.2) is 5.78 Å².